The second-order valence-electron chi connectivity index (χ2n) is 7.96. The fourth-order valence-electron chi connectivity index (χ4n) is 4.03. The molecule has 0 saturated heterocycles. The maximum absolute atomic E-state index is 13.5. The maximum Gasteiger partial charge on any atom is 0.573 e. The summed E-state index contributed by atoms with van der Waals surface area (Å²) in [5.74, 6) is -0.414. The third-order valence-corrected chi connectivity index (χ3v) is 5.60. The van der Waals surface area contributed by atoms with Crippen LogP contribution in [0.15, 0.2) is 70.4 Å². The van der Waals surface area contributed by atoms with Crippen molar-refractivity contribution in [2.45, 2.75) is 25.7 Å². The largest absolute Gasteiger partial charge is 0.573 e. The molecule has 4 aromatic rings. The molecule has 0 unspecified atom stereocenters. The van der Waals surface area contributed by atoms with E-state index in [9.17, 15) is 27.9 Å². The van der Waals surface area contributed by atoms with E-state index in [4.69, 9.17) is 0 Å². The first-order valence-corrected chi connectivity index (χ1v) is 10.8. The lowest BCUT2D eigenvalue weighted by Crippen LogP contribution is -2.39. The molecule has 0 amide bonds. The Labute approximate surface area is 197 Å². The molecule has 182 valence electrons. The zero-order valence-corrected chi connectivity index (χ0v) is 18.7. The number of benzene rings is 2. The van der Waals surface area contributed by atoms with E-state index in [2.05, 4.69) is 9.72 Å². The third-order valence-electron chi connectivity index (χ3n) is 5.60. The first-order valence-electron chi connectivity index (χ1n) is 10.8. The van der Waals surface area contributed by atoms with E-state index in [-0.39, 0.29) is 31.4 Å². The van der Waals surface area contributed by atoms with Crippen molar-refractivity contribution < 1.29 is 23.0 Å². The van der Waals surface area contributed by atoms with Crippen molar-refractivity contribution in [1.82, 2.24) is 14.1 Å². The summed E-state index contributed by atoms with van der Waals surface area (Å²) in [7, 11) is 1.52. The minimum absolute atomic E-state index is 0.0231. The molecule has 2 heterocycles. The average Bonchev–Trinajstić information content (AvgIpc) is 2.82. The molecule has 0 atom stereocenters. The van der Waals surface area contributed by atoms with Crippen molar-refractivity contribution in [3.63, 3.8) is 0 Å². The molecule has 2 aromatic heterocycles. The molecule has 0 bridgehead atoms. The molecule has 2 aromatic carbocycles. The highest BCUT2D eigenvalue weighted by molar-refractivity contribution is 5.87. The van der Waals surface area contributed by atoms with Crippen molar-refractivity contribution in [2.75, 3.05) is 6.61 Å². The Hall–Kier alpha value is -3.92. The zero-order chi connectivity index (χ0) is 25.2. The van der Waals surface area contributed by atoms with Gasteiger partial charge in [0.15, 0.2) is 0 Å². The summed E-state index contributed by atoms with van der Waals surface area (Å²) >= 11 is 0. The molecule has 0 aliphatic heterocycles. The van der Waals surface area contributed by atoms with Gasteiger partial charge in [0.1, 0.15) is 5.75 Å². The van der Waals surface area contributed by atoms with E-state index >= 15 is 0 Å². The minimum atomic E-state index is -4.86. The number of aryl methyl sites for hydroxylation is 1. The molecule has 7 nitrogen and oxygen atoms in total. The van der Waals surface area contributed by atoms with Crippen molar-refractivity contribution >= 4 is 10.9 Å². The van der Waals surface area contributed by atoms with Crippen LogP contribution in [0.4, 0.5) is 13.2 Å². The Morgan fingerprint density at radius 2 is 1.80 bits per heavy atom. The van der Waals surface area contributed by atoms with Gasteiger partial charge in [-0.15, -0.1) is 13.2 Å². The molecule has 0 aliphatic rings. The quantitative estimate of drug-likeness (QED) is 0.432. The Morgan fingerprint density at radius 1 is 1.06 bits per heavy atom. The molecule has 1 N–H and O–H groups in total. The van der Waals surface area contributed by atoms with E-state index < -0.39 is 23.4 Å². The second-order valence-corrected chi connectivity index (χ2v) is 7.96. The van der Waals surface area contributed by atoms with Gasteiger partial charge in [-0.2, -0.15) is 0 Å². The van der Waals surface area contributed by atoms with Crippen LogP contribution in [0.1, 0.15) is 17.5 Å². The van der Waals surface area contributed by atoms with Gasteiger partial charge in [0.25, 0.3) is 5.56 Å². The van der Waals surface area contributed by atoms with Gasteiger partial charge >= 0.3 is 12.1 Å². The number of rotatable bonds is 7. The monoisotopic (exact) mass is 485 g/mol. The lowest BCUT2D eigenvalue weighted by molar-refractivity contribution is -0.274. The van der Waals surface area contributed by atoms with Crippen LogP contribution in [-0.4, -0.2) is 32.2 Å². The van der Waals surface area contributed by atoms with Crippen molar-refractivity contribution in [3.8, 4) is 17.0 Å². The maximum atomic E-state index is 13.5. The van der Waals surface area contributed by atoms with E-state index in [0.717, 1.165) is 10.1 Å². The van der Waals surface area contributed by atoms with E-state index in [0.29, 0.717) is 22.3 Å². The van der Waals surface area contributed by atoms with E-state index in [1.165, 1.54) is 36.0 Å². The molecule has 4 rings (SSSR count). The Balaban J connectivity index is 2.01. The van der Waals surface area contributed by atoms with Crippen LogP contribution in [0, 0.1) is 0 Å². The van der Waals surface area contributed by atoms with E-state index in [1.54, 1.807) is 6.07 Å². The number of alkyl halides is 3. The van der Waals surface area contributed by atoms with Gasteiger partial charge in [0.2, 0.25) is 0 Å². The van der Waals surface area contributed by atoms with Crippen LogP contribution in [0.5, 0.6) is 5.75 Å². The Bertz CT molecular complexity index is 1480. The standard InChI is InChI=1S/C25H22F3N3O4/c1-30-20-15-29-22(17-9-5-10-18(14-17)35-25(26,27)28)19(13-16-7-3-2-4-8-16)21(20)23(33)31(24(30)34)11-6-12-32/h2-5,7-10,14-15,32H,6,11-13H2,1H3. The van der Waals surface area contributed by atoms with Gasteiger partial charge in [-0.05, 0) is 29.7 Å². The number of aliphatic hydroxyl groups is 1. The summed E-state index contributed by atoms with van der Waals surface area (Å²) in [4.78, 5) is 30.8. The van der Waals surface area contributed by atoms with Gasteiger partial charge in [0, 0.05) is 32.2 Å². The summed E-state index contributed by atoms with van der Waals surface area (Å²) in [5, 5.41) is 9.45. The molecule has 10 heteroatoms. The SMILES string of the molecule is Cn1c(=O)n(CCCO)c(=O)c2c(Cc3ccccc3)c(-c3cccc(OC(F)(F)F)c3)ncc21. The smallest absolute Gasteiger partial charge is 0.406 e. The number of ether oxygens (including phenoxy) is 1. The number of fused-ring (bicyclic) bond motifs is 1. The van der Waals surface area contributed by atoms with Crippen LogP contribution in [0.25, 0.3) is 22.2 Å². The third kappa shape index (κ3) is 5.12. The number of pyridine rings is 1. The number of halogens is 3. The summed E-state index contributed by atoms with van der Waals surface area (Å²) in [5.41, 5.74) is 1.16. The van der Waals surface area contributed by atoms with Gasteiger partial charge in [-0.3, -0.25) is 18.9 Å². The predicted molar refractivity (Wildman–Crippen MR) is 124 cm³/mol. The Kier molecular flexibility index (Phi) is 6.74. The topological polar surface area (TPSA) is 86.3 Å². The fraction of sp³-hybridized carbons (Fsp3) is 0.240. The van der Waals surface area contributed by atoms with Crippen LogP contribution >= 0.6 is 0 Å². The van der Waals surface area contributed by atoms with Gasteiger partial charge in [0.05, 0.1) is 22.8 Å². The summed E-state index contributed by atoms with van der Waals surface area (Å²) < 4.78 is 44.8. The number of nitrogens with zero attached hydrogens (tertiary/aromatic N) is 3. The number of hydrogen-bond acceptors (Lipinski definition) is 5. The van der Waals surface area contributed by atoms with Crippen LogP contribution < -0.4 is 16.0 Å². The molecular weight excluding hydrogens is 463 g/mol. The normalized spacial score (nSPS) is 11.7. The van der Waals surface area contributed by atoms with Gasteiger partial charge in [-0.1, -0.05) is 42.5 Å². The van der Waals surface area contributed by atoms with Crippen LogP contribution in [0.2, 0.25) is 0 Å². The first-order chi connectivity index (χ1) is 16.7. The zero-order valence-electron chi connectivity index (χ0n) is 18.7. The van der Waals surface area contributed by atoms with E-state index in [1.807, 2.05) is 30.3 Å². The molecule has 0 saturated carbocycles. The van der Waals surface area contributed by atoms with Crippen LogP contribution in [0.3, 0.4) is 0 Å². The predicted octanol–water partition coefficient (Wildman–Crippen LogP) is 3.63. The molecule has 0 spiro atoms. The van der Waals surface area contributed by atoms with Gasteiger partial charge < -0.3 is 9.84 Å². The highest BCUT2D eigenvalue weighted by Gasteiger charge is 2.31. The van der Waals surface area contributed by atoms with Crippen molar-refractivity contribution in [1.29, 1.82) is 0 Å². The highest BCUT2D eigenvalue weighted by atomic mass is 19.4. The molecular formula is C25H22F3N3O4. The second kappa shape index (κ2) is 9.75. The lowest BCUT2D eigenvalue weighted by atomic mass is 9.96. The molecule has 35 heavy (non-hydrogen) atoms. The molecule has 0 radical (unpaired) electrons. The molecule has 0 fully saturated rings. The summed E-state index contributed by atoms with van der Waals surface area (Å²) in [6, 6.07) is 14.6. The average molecular weight is 485 g/mol. The number of aliphatic hydroxyl groups excluding tert-OH is 1. The Morgan fingerprint density at radius 3 is 2.49 bits per heavy atom. The van der Waals surface area contributed by atoms with Crippen molar-refractivity contribution in [3.05, 3.63) is 92.8 Å². The summed E-state index contributed by atoms with van der Waals surface area (Å²) in [6.45, 7) is -0.173. The highest BCUT2D eigenvalue weighted by Crippen LogP contribution is 2.32. The number of aromatic nitrogens is 3. The lowest BCUT2D eigenvalue weighted by Gasteiger charge is -2.17. The minimum Gasteiger partial charge on any atom is -0.406 e. The summed E-state index contributed by atoms with van der Waals surface area (Å²) in [6.07, 6.45) is -3.03. The first kappa shape index (κ1) is 24.2. The van der Waals surface area contributed by atoms with Crippen molar-refractivity contribution in [2.24, 2.45) is 7.05 Å². The molecule has 0 aliphatic carbocycles. The van der Waals surface area contributed by atoms with Crippen LogP contribution in [-0.2, 0) is 20.0 Å². The van der Waals surface area contributed by atoms with Gasteiger partial charge in [-0.25, -0.2) is 4.79 Å². The number of hydrogen-bond donors (Lipinski definition) is 1. The fourth-order valence-corrected chi connectivity index (χ4v) is 4.03.